The zero-order valence-corrected chi connectivity index (χ0v) is 19.6. The van der Waals surface area contributed by atoms with Gasteiger partial charge in [0, 0.05) is 22.4 Å². The van der Waals surface area contributed by atoms with Crippen molar-refractivity contribution in [1.82, 2.24) is 0 Å². The van der Waals surface area contributed by atoms with Gasteiger partial charge in [-0.1, -0.05) is 0 Å². The zero-order chi connectivity index (χ0) is 26.9. The van der Waals surface area contributed by atoms with Gasteiger partial charge in [0.2, 0.25) is 93.9 Å². The summed E-state index contributed by atoms with van der Waals surface area (Å²) in [5.41, 5.74) is 0. The van der Waals surface area contributed by atoms with Gasteiger partial charge in [-0.25, -0.2) is 39.5 Å². The molecule has 36 heavy (non-hydrogen) atoms. The maximum absolute atomic E-state index is 14.6. The molecule has 3 aromatic carbocycles. The molecule has 0 aliphatic rings. The van der Waals surface area contributed by atoms with E-state index in [9.17, 15) is 65.9 Å². The van der Waals surface area contributed by atoms with Crippen molar-refractivity contribution in [3.05, 3.63) is 87.3 Å². The Morgan fingerprint density at radius 2 is 0.389 bits per heavy atom. The molecule has 18 heteroatoms. The van der Waals surface area contributed by atoms with Gasteiger partial charge in [0.05, 0.1) is 0 Å². The minimum absolute atomic E-state index is 0. The van der Waals surface area contributed by atoms with E-state index in [4.69, 9.17) is 11.2 Å². The van der Waals surface area contributed by atoms with Crippen LogP contribution in [-0.2, 0) is 22.4 Å². The summed E-state index contributed by atoms with van der Waals surface area (Å²) in [5, 5.41) is -8.45. The van der Waals surface area contributed by atoms with Crippen molar-refractivity contribution in [1.29, 1.82) is 0 Å². The quantitative estimate of drug-likeness (QED) is 0.0979. The van der Waals surface area contributed by atoms with Crippen LogP contribution in [0.5, 0.6) is 0 Å². The van der Waals surface area contributed by atoms with Crippen molar-refractivity contribution in [2.24, 2.45) is 0 Å². The van der Waals surface area contributed by atoms with Crippen LogP contribution in [0.15, 0.2) is 0 Å². The maximum atomic E-state index is 14.6. The number of hydrogen-bond donors (Lipinski definition) is 0. The summed E-state index contributed by atoms with van der Waals surface area (Å²) >= 11 is 5.64. The second-order valence-corrected chi connectivity index (χ2v) is 10.4. The van der Waals surface area contributed by atoms with Gasteiger partial charge in [0.1, 0.15) is 11.2 Å². The van der Waals surface area contributed by atoms with E-state index in [-0.39, 0.29) is 22.4 Å². The first-order chi connectivity index (χ1) is 16.0. The molecule has 0 atom stereocenters. The summed E-state index contributed by atoms with van der Waals surface area (Å²) in [7, 11) is 0. The molecular formula is C18AuClF15P+. The molecule has 0 N–H and O–H groups in total. The van der Waals surface area contributed by atoms with Gasteiger partial charge in [-0.05, 0) is 0 Å². The Hall–Kier alpha value is -1.93. The van der Waals surface area contributed by atoms with Crippen molar-refractivity contribution in [2.75, 3.05) is 0 Å². The van der Waals surface area contributed by atoms with Crippen molar-refractivity contribution in [3.63, 3.8) is 0 Å². The molecule has 0 aromatic heterocycles. The third kappa shape index (κ3) is 3.99. The van der Waals surface area contributed by atoms with Crippen LogP contribution >= 0.6 is 17.9 Å². The minimum Gasteiger partial charge on any atom is -0.200 e. The third-order valence-corrected chi connectivity index (χ3v) is 9.03. The van der Waals surface area contributed by atoms with E-state index in [2.05, 4.69) is 0 Å². The summed E-state index contributed by atoms with van der Waals surface area (Å²) in [6.45, 7) is -6.69. The Morgan fingerprint density at radius 1 is 0.278 bits per heavy atom. The van der Waals surface area contributed by atoms with E-state index in [0.29, 0.717) is 0 Å². The molecule has 0 heterocycles. The first-order valence-electron chi connectivity index (χ1n) is 8.17. The topological polar surface area (TPSA) is 0 Å². The van der Waals surface area contributed by atoms with Gasteiger partial charge in [0.15, 0.2) is 15.9 Å². The number of rotatable bonds is 3. The van der Waals surface area contributed by atoms with Gasteiger partial charge in [-0.2, -0.15) is 26.3 Å². The molecule has 0 aliphatic heterocycles. The number of benzene rings is 3. The Kier molecular flexibility index (Phi) is 8.49. The Bertz CT molecular complexity index is 1170. The fraction of sp³-hybridized carbons (Fsp3) is 0. The average Bonchev–Trinajstić information content (AvgIpc) is 2.81. The monoisotopic (exact) mass is 764 g/mol. The van der Waals surface area contributed by atoms with E-state index in [1.165, 1.54) is 0 Å². The van der Waals surface area contributed by atoms with Crippen LogP contribution < -0.4 is 15.9 Å². The molecule has 1 radical (unpaired) electrons. The molecular weight excluding hydrogens is 765 g/mol. The fourth-order valence-electron chi connectivity index (χ4n) is 2.93. The molecule has 0 bridgehead atoms. The predicted octanol–water partition coefficient (Wildman–Crippen LogP) is 6.22. The Balaban J connectivity index is 0.00000456. The van der Waals surface area contributed by atoms with Gasteiger partial charge in [-0.15, -0.1) is 0 Å². The van der Waals surface area contributed by atoms with E-state index < -0.39 is 110 Å². The Morgan fingerprint density at radius 3 is 0.528 bits per heavy atom. The fourth-order valence-corrected chi connectivity index (χ4v) is 7.15. The molecule has 0 fully saturated rings. The van der Waals surface area contributed by atoms with Gasteiger partial charge in [-0.3, -0.25) is 0 Å². The largest absolute Gasteiger partial charge is 0.229 e. The first-order valence-corrected chi connectivity index (χ1v) is 10.9. The van der Waals surface area contributed by atoms with Crippen LogP contribution in [0, 0.1) is 87.3 Å². The molecule has 3 rings (SSSR count). The molecule has 0 aliphatic carbocycles. The summed E-state index contributed by atoms with van der Waals surface area (Å²) in [6.07, 6.45) is 0. The number of halogens is 16. The third-order valence-electron chi connectivity index (χ3n) is 4.48. The number of hydrogen-bond acceptors (Lipinski definition) is 0. The van der Waals surface area contributed by atoms with Gasteiger partial charge in [0.25, 0.3) is 0 Å². The van der Waals surface area contributed by atoms with Crippen molar-refractivity contribution < 1.29 is 88.2 Å². The smallest absolute Gasteiger partial charge is 0.200 e. The summed E-state index contributed by atoms with van der Waals surface area (Å²) < 4.78 is 211. The van der Waals surface area contributed by atoms with E-state index in [1.54, 1.807) is 0 Å². The minimum atomic E-state index is -6.69. The van der Waals surface area contributed by atoms with Crippen LogP contribution in [0.1, 0.15) is 0 Å². The van der Waals surface area contributed by atoms with Gasteiger partial charge < -0.3 is 0 Å². The van der Waals surface area contributed by atoms with Crippen LogP contribution in [0.2, 0.25) is 0 Å². The van der Waals surface area contributed by atoms with Crippen LogP contribution in [0.25, 0.3) is 0 Å². The average molecular weight is 765 g/mol. The van der Waals surface area contributed by atoms with Crippen molar-refractivity contribution >= 4 is 33.8 Å². The summed E-state index contributed by atoms with van der Waals surface area (Å²) in [4.78, 5) is 0. The van der Waals surface area contributed by atoms with Crippen LogP contribution in [-0.4, -0.2) is 0 Å². The van der Waals surface area contributed by atoms with E-state index in [0.717, 1.165) is 0 Å². The second-order valence-electron chi connectivity index (χ2n) is 6.34. The summed E-state index contributed by atoms with van der Waals surface area (Å²) in [6, 6.07) is 0. The molecule has 0 unspecified atom stereocenters. The molecule has 0 saturated carbocycles. The molecule has 0 nitrogen and oxygen atoms in total. The van der Waals surface area contributed by atoms with Crippen molar-refractivity contribution in [3.8, 4) is 0 Å². The molecule has 0 amide bonds. The molecule has 3 aromatic rings. The zero-order valence-electron chi connectivity index (χ0n) is 15.8. The summed E-state index contributed by atoms with van der Waals surface area (Å²) in [5.74, 6) is -46.3. The first kappa shape index (κ1) is 30.3. The van der Waals surface area contributed by atoms with Crippen LogP contribution in [0.3, 0.4) is 0 Å². The standard InChI is InChI=1S/C18ClF15P.Au/c19-35(16-10(29)4(23)1(20)5(24)11(16)30,17-12(31)6(25)2(21)7(26)13(17)32)18-14(33)8(27)3(22)9(28)15(18)34;/q+1;. The molecule has 0 spiro atoms. The van der Waals surface area contributed by atoms with E-state index >= 15 is 0 Å². The maximum Gasteiger partial charge on any atom is 0.229 e. The predicted molar refractivity (Wildman–Crippen MR) is 90.4 cm³/mol. The van der Waals surface area contributed by atoms with Gasteiger partial charge >= 0.3 is 0 Å². The molecule has 199 valence electrons. The second kappa shape index (κ2) is 10.1. The molecule has 0 saturated heterocycles. The van der Waals surface area contributed by atoms with Crippen LogP contribution in [0.4, 0.5) is 65.9 Å². The SMILES string of the molecule is Fc1c(F)c(F)c([P+](Cl)(c2c(F)c(F)c(F)c(F)c2F)c2c(F)c(F)c(F)c(F)c2F)c(F)c1F.[Au]. The normalized spacial score (nSPS) is 11.7. The Labute approximate surface area is 209 Å². The van der Waals surface area contributed by atoms with Crippen molar-refractivity contribution in [2.45, 2.75) is 0 Å². The van der Waals surface area contributed by atoms with E-state index in [1.807, 2.05) is 0 Å².